The summed E-state index contributed by atoms with van der Waals surface area (Å²) in [6.07, 6.45) is 0.676. The molecule has 0 spiro atoms. The number of carboxylic acid groups (broad SMARTS) is 1. The van der Waals surface area contributed by atoms with Crippen molar-refractivity contribution in [1.82, 2.24) is 9.80 Å². The van der Waals surface area contributed by atoms with Crippen molar-refractivity contribution in [2.75, 3.05) is 33.0 Å². The molecule has 2 fully saturated rings. The number of hydrogen-bond acceptors (Lipinski definition) is 6. The first-order chi connectivity index (χ1) is 13.5. The number of rotatable bonds is 4. The van der Waals surface area contributed by atoms with Gasteiger partial charge in [-0.15, -0.1) is 0 Å². The molecule has 0 bridgehead atoms. The van der Waals surface area contributed by atoms with Crippen LogP contribution in [-0.2, 0) is 14.3 Å². The third kappa shape index (κ3) is 3.62. The third-order valence-corrected chi connectivity index (χ3v) is 5.27. The molecule has 0 radical (unpaired) electrons. The molecule has 4 rings (SSSR count). The monoisotopic (exact) mass is 390 g/mol. The summed E-state index contributed by atoms with van der Waals surface area (Å²) in [6, 6.07) is 4.47. The molecule has 3 aliphatic rings. The smallest absolute Gasteiger partial charge is 0.306 e. The van der Waals surface area contributed by atoms with E-state index < -0.39 is 18.1 Å². The van der Waals surface area contributed by atoms with Crippen molar-refractivity contribution in [3.63, 3.8) is 0 Å². The molecule has 1 aromatic carbocycles. The summed E-state index contributed by atoms with van der Waals surface area (Å²) in [7, 11) is 0. The summed E-state index contributed by atoms with van der Waals surface area (Å²) in [4.78, 5) is 40.2. The van der Waals surface area contributed by atoms with Crippen molar-refractivity contribution in [3.8, 4) is 11.5 Å². The van der Waals surface area contributed by atoms with Gasteiger partial charge < -0.3 is 29.1 Å². The van der Waals surface area contributed by atoms with Gasteiger partial charge in [0.25, 0.3) is 5.91 Å². The first kappa shape index (κ1) is 18.5. The van der Waals surface area contributed by atoms with E-state index in [0.29, 0.717) is 43.2 Å². The minimum absolute atomic E-state index is 0.131. The van der Waals surface area contributed by atoms with Crippen molar-refractivity contribution >= 4 is 17.8 Å². The first-order valence-corrected chi connectivity index (χ1v) is 9.36. The Balaban J connectivity index is 1.46. The second-order valence-corrected chi connectivity index (χ2v) is 7.10. The van der Waals surface area contributed by atoms with E-state index in [9.17, 15) is 14.4 Å². The number of morpholine rings is 1. The second-order valence-electron chi connectivity index (χ2n) is 7.10. The molecule has 0 saturated carbocycles. The third-order valence-electron chi connectivity index (χ3n) is 5.27. The number of aliphatic carboxylic acids is 1. The Morgan fingerprint density at radius 1 is 1.14 bits per heavy atom. The number of nitrogens with zero attached hydrogens (tertiary/aromatic N) is 2. The lowest BCUT2D eigenvalue weighted by Crippen LogP contribution is -2.53. The number of hydrogen-bond donors (Lipinski definition) is 1. The normalized spacial score (nSPS) is 23.7. The maximum absolute atomic E-state index is 13.0. The number of likely N-dealkylation sites (tertiary alicyclic amines) is 1. The van der Waals surface area contributed by atoms with Crippen LogP contribution in [-0.4, -0.2) is 77.9 Å². The van der Waals surface area contributed by atoms with Gasteiger partial charge in [-0.3, -0.25) is 14.4 Å². The Labute approximate surface area is 161 Å². The van der Waals surface area contributed by atoms with E-state index in [-0.39, 0.29) is 31.6 Å². The average molecular weight is 390 g/mol. The fraction of sp³-hybridized carbons (Fsp3) is 0.526. The van der Waals surface area contributed by atoms with Crippen LogP contribution >= 0.6 is 0 Å². The zero-order valence-corrected chi connectivity index (χ0v) is 15.3. The minimum Gasteiger partial charge on any atom is -0.481 e. The van der Waals surface area contributed by atoms with Crippen molar-refractivity contribution < 1.29 is 33.7 Å². The fourth-order valence-electron chi connectivity index (χ4n) is 3.91. The van der Waals surface area contributed by atoms with Crippen molar-refractivity contribution in [3.05, 3.63) is 23.8 Å². The van der Waals surface area contributed by atoms with Crippen molar-refractivity contribution in [2.45, 2.75) is 31.4 Å². The molecule has 2 amide bonds. The molecule has 3 heterocycles. The van der Waals surface area contributed by atoms with Crippen LogP contribution in [0.15, 0.2) is 18.2 Å². The first-order valence-electron chi connectivity index (χ1n) is 9.36. The van der Waals surface area contributed by atoms with Crippen LogP contribution < -0.4 is 9.47 Å². The van der Waals surface area contributed by atoms with E-state index in [0.717, 1.165) is 6.42 Å². The van der Waals surface area contributed by atoms with Gasteiger partial charge in [-0.2, -0.15) is 0 Å². The van der Waals surface area contributed by atoms with Crippen LogP contribution in [0.4, 0.5) is 0 Å². The Kier molecular flexibility index (Phi) is 5.08. The Morgan fingerprint density at radius 2 is 1.96 bits per heavy atom. The molecule has 2 unspecified atom stereocenters. The summed E-state index contributed by atoms with van der Waals surface area (Å²) >= 11 is 0. The van der Waals surface area contributed by atoms with E-state index in [1.807, 2.05) is 0 Å². The molecule has 150 valence electrons. The van der Waals surface area contributed by atoms with Gasteiger partial charge in [0.15, 0.2) is 11.5 Å². The molecule has 2 saturated heterocycles. The van der Waals surface area contributed by atoms with E-state index in [4.69, 9.17) is 19.3 Å². The van der Waals surface area contributed by atoms with E-state index in [1.54, 1.807) is 28.0 Å². The van der Waals surface area contributed by atoms with Crippen LogP contribution in [0, 0.1) is 0 Å². The zero-order valence-electron chi connectivity index (χ0n) is 15.3. The summed E-state index contributed by atoms with van der Waals surface area (Å²) in [5, 5.41) is 8.95. The number of fused-ring (bicyclic) bond motifs is 1. The summed E-state index contributed by atoms with van der Waals surface area (Å²) in [6.45, 7) is 1.57. The summed E-state index contributed by atoms with van der Waals surface area (Å²) in [5.41, 5.74) is 0.453. The Hall–Kier alpha value is -2.81. The molecule has 9 heteroatoms. The SMILES string of the molecule is O=C(O)CC1CN(C(=O)C2CCCN2C(=O)c2ccc3c(c2)OCO3)CCO1. The number of benzene rings is 1. The lowest BCUT2D eigenvalue weighted by atomic mass is 10.1. The molecular formula is C19H22N2O7. The standard InChI is InChI=1S/C19H22N2O7/c22-17(23)9-13-10-20(6-7-26-13)19(25)14-2-1-5-21(14)18(24)12-3-4-15-16(8-12)28-11-27-15/h3-4,8,13-14H,1-2,5-7,9-11H2,(H,22,23). The highest BCUT2D eigenvalue weighted by Crippen LogP contribution is 2.33. The van der Waals surface area contributed by atoms with Crippen LogP contribution in [0.5, 0.6) is 11.5 Å². The van der Waals surface area contributed by atoms with Crippen LogP contribution in [0.25, 0.3) is 0 Å². The number of carbonyl (C=O) groups excluding carboxylic acids is 2. The van der Waals surface area contributed by atoms with Crippen molar-refractivity contribution in [1.29, 1.82) is 0 Å². The lowest BCUT2D eigenvalue weighted by molar-refractivity contribution is -0.149. The predicted molar refractivity (Wildman–Crippen MR) is 95.2 cm³/mol. The minimum atomic E-state index is -0.959. The number of carbonyl (C=O) groups is 3. The zero-order chi connectivity index (χ0) is 19.7. The fourth-order valence-corrected chi connectivity index (χ4v) is 3.91. The van der Waals surface area contributed by atoms with Gasteiger partial charge in [-0.05, 0) is 31.0 Å². The topological polar surface area (TPSA) is 106 Å². The maximum atomic E-state index is 13.0. The Morgan fingerprint density at radius 3 is 2.79 bits per heavy atom. The molecule has 28 heavy (non-hydrogen) atoms. The quantitative estimate of drug-likeness (QED) is 0.808. The highest BCUT2D eigenvalue weighted by molar-refractivity contribution is 5.98. The van der Waals surface area contributed by atoms with Gasteiger partial charge >= 0.3 is 5.97 Å². The van der Waals surface area contributed by atoms with Gasteiger partial charge in [0.2, 0.25) is 12.7 Å². The van der Waals surface area contributed by atoms with E-state index in [1.165, 1.54) is 0 Å². The molecule has 9 nitrogen and oxygen atoms in total. The largest absolute Gasteiger partial charge is 0.481 e. The van der Waals surface area contributed by atoms with E-state index >= 15 is 0 Å². The van der Waals surface area contributed by atoms with E-state index in [2.05, 4.69) is 0 Å². The highest BCUT2D eigenvalue weighted by Gasteiger charge is 2.38. The van der Waals surface area contributed by atoms with Crippen molar-refractivity contribution in [2.24, 2.45) is 0 Å². The van der Waals surface area contributed by atoms with Gasteiger partial charge in [-0.25, -0.2) is 0 Å². The van der Waals surface area contributed by atoms with Crippen LogP contribution in [0.2, 0.25) is 0 Å². The summed E-state index contributed by atoms with van der Waals surface area (Å²) in [5.74, 6) is -0.199. The molecule has 0 aromatic heterocycles. The van der Waals surface area contributed by atoms with Gasteiger partial charge in [0.1, 0.15) is 6.04 Å². The predicted octanol–water partition coefficient (Wildman–Crippen LogP) is 0.722. The van der Waals surface area contributed by atoms with Crippen LogP contribution in [0.1, 0.15) is 29.6 Å². The number of carboxylic acids is 1. The summed E-state index contributed by atoms with van der Waals surface area (Å²) < 4.78 is 16.0. The lowest BCUT2D eigenvalue weighted by Gasteiger charge is -2.35. The number of ether oxygens (including phenoxy) is 3. The molecule has 1 aromatic rings. The molecule has 1 N–H and O–H groups in total. The maximum Gasteiger partial charge on any atom is 0.306 e. The second kappa shape index (κ2) is 7.67. The van der Waals surface area contributed by atoms with Gasteiger partial charge in [-0.1, -0.05) is 0 Å². The molecule has 2 atom stereocenters. The molecule has 0 aliphatic carbocycles. The van der Waals surface area contributed by atoms with Gasteiger partial charge in [0.05, 0.1) is 19.1 Å². The highest BCUT2D eigenvalue weighted by atomic mass is 16.7. The molecule has 3 aliphatic heterocycles. The Bertz CT molecular complexity index is 796. The van der Waals surface area contributed by atoms with Gasteiger partial charge in [0, 0.05) is 25.2 Å². The number of amides is 2. The van der Waals surface area contributed by atoms with Crippen LogP contribution in [0.3, 0.4) is 0 Å². The average Bonchev–Trinajstić information content (AvgIpc) is 3.35. The molecular weight excluding hydrogens is 368 g/mol.